The summed E-state index contributed by atoms with van der Waals surface area (Å²) in [6.45, 7) is 4.99. The van der Waals surface area contributed by atoms with Crippen LogP contribution in [-0.2, 0) is 17.8 Å². The lowest BCUT2D eigenvalue weighted by Gasteiger charge is -2.41. The first-order valence-corrected chi connectivity index (χ1v) is 9.84. The molecule has 140 valence electrons. The first-order valence-electron chi connectivity index (χ1n) is 8.96. The van der Waals surface area contributed by atoms with Gasteiger partial charge in [-0.3, -0.25) is 9.80 Å². The van der Waals surface area contributed by atoms with Crippen LogP contribution in [0.2, 0.25) is 0 Å². The molecule has 1 fully saturated rings. The van der Waals surface area contributed by atoms with Crippen molar-refractivity contribution in [2.24, 2.45) is 0 Å². The first-order chi connectivity index (χ1) is 12.7. The van der Waals surface area contributed by atoms with Gasteiger partial charge in [0.2, 0.25) is 0 Å². The quantitative estimate of drug-likeness (QED) is 0.755. The van der Waals surface area contributed by atoms with E-state index in [2.05, 4.69) is 27.3 Å². The fourth-order valence-corrected chi connectivity index (χ4v) is 4.19. The Balaban J connectivity index is 1.59. The molecule has 0 amide bonds. The van der Waals surface area contributed by atoms with E-state index in [1.807, 2.05) is 24.3 Å². The Bertz CT molecular complexity index is 688. The van der Waals surface area contributed by atoms with Crippen LogP contribution in [0.25, 0.3) is 0 Å². The number of esters is 1. The molecule has 0 unspecified atom stereocenters. The molecule has 1 atom stereocenters. The first kappa shape index (κ1) is 19.0. The Morgan fingerprint density at radius 2 is 2.04 bits per heavy atom. The van der Waals surface area contributed by atoms with E-state index in [-0.39, 0.29) is 12.6 Å². The number of hydrogen-bond donors (Lipinski definition) is 1. The van der Waals surface area contributed by atoms with Gasteiger partial charge in [-0.05, 0) is 35.6 Å². The van der Waals surface area contributed by atoms with Gasteiger partial charge in [-0.25, -0.2) is 4.79 Å². The minimum Gasteiger partial charge on any atom is -0.465 e. The van der Waals surface area contributed by atoms with Crippen molar-refractivity contribution in [2.75, 3.05) is 33.4 Å². The molecule has 0 radical (unpaired) electrons. The normalized spacial score (nSPS) is 18.8. The minimum atomic E-state index is -0.304. The number of aliphatic hydroxyl groups excluding tert-OH is 1. The fourth-order valence-electron chi connectivity index (χ4n) is 3.46. The molecule has 2 heterocycles. The number of carbonyl (C=O) groups excluding carboxylic acids is 1. The van der Waals surface area contributed by atoms with Gasteiger partial charge in [0.15, 0.2) is 0 Å². The summed E-state index contributed by atoms with van der Waals surface area (Å²) in [6.07, 6.45) is 0.795. The summed E-state index contributed by atoms with van der Waals surface area (Å²) in [6, 6.07) is 12.3. The van der Waals surface area contributed by atoms with Crippen molar-refractivity contribution in [1.82, 2.24) is 9.80 Å². The van der Waals surface area contributed by atoms with Crippen molar-refractivity contribution in [3.63, 3.8) is 0 Å². The Kier molecular flexibility index (Phi) is 6.80. The number of hydrogen-bond acceptors (Lipinski definition) is 6. The Morgan fingerprint density at radius 1 is 1.23 bits per heavy atom. The van der Waals surface area contributed by atoms with E-state index >= 15 is 0 Å². The molecule has 3 rings (SSSR count). The van der Waals surface area contributed by atoms with Gasteiger partial charge >= 0.3 is 5.97 Å². The van der Waals surface area contributed by atoms with Crippen LogP contribution in [0.1, 0.15) is 27.2 Å². The average Bonchev–Trinajstić information content (AvgIpc) is 3.17. The van der Waals surface area contributed by atoms with Gasteiger partial charge < -0.3 is 9.84 Å². The van der Waals surface area contributed by atoms with Gasteiger partial charge in [-0.1, -0.05) is 18.2 Å². The highest BCUT2D eigenvalue weighted by Crippen LogP contribution is 2.20. The predicted octanol–water partition coefficient (Wildman–Crippen LogP) is 2.60. The van der Waals surface area contributed by atoms with Crippen molar-refractivity contribution >= 4 is 17.3 Å². The number of methoxy groups -OCH3 is 1. The molecular formula is C20H26N2O3S. The van der Waals surface area contributed by atoms with Gasteiger partial charge in [0.25, 0.3) is 0 Å². The minimum absolute atomic E-state index is 0.216. The summed E-state index contributed by atoms with van der Waals surface area (Å²) in [5.74, 6) is -0.304. The van der Waals surface area contributed by atoms with Crippen LogP contribution in [0, 0.1) is 0 Å². The van der Waals surface area contributed by atoms with Gasteiger partial charge in [-0.2, -0.15) is 0 Å². The third-order valence-electron chi connectivity index (χ3n) is 4.87. The number of thiophene rings is 1. The zero-order valence-corrected chi connectivity index (χ0v) is 16.0. The highest BCUT2D eigenvalue weighted by atomic mass is 32.1. The maximum Gasteiger partial charge on any atom is 0.337 e. The molecule has 0 saturated carbocycles. The molecule has 26 heavy (non-hydrogen) atoms. The Labute approximate surface area is 158 Å². The number of ether oxygens (including phenoxy) is 1. The topological polar surface area (TPSA) is 53.0 Å². The Morgan fingerprint density at radius 3 is 2.69 bits per heavy atom. The molecule has 0 spiro atoms. The van der Waals surface area contributed by atoms with Crippen molar-refractivity contribution in [3.05, 3.63) is 57.8 Å². The van der Waals surface area contributed by atoms with E-state index in [1.54, 1.807) is 11.3 Å². The van der Waals surface area contributed by atoms with Crippen molar-refractivity contribution in [1.29, 1.82) is 0 Å². The predicted molar refractivity (Wildman–Crippen MR) is 103 cm³/mol. The Hall–Kier alpha value is -1.73. The molecule has 0 aliphatic carbocycles. The summed E-state index contributed by atoms with van der Waals surface area (Å²) in [5, 5.41) is 11.6. The number of carbonyl (C=O) groups is 1. The molecule has 1 aliphatic heterocycles. The summed E-state index contributed by atoms with van der Waals surface area (Å²) >= 11 is 1.79. The third kappa shape index (κ3) is 4.92. The summed E-state index contributed by atoms with van der Waals surface area (Å²) in [5.41, 5.74) is 1.77. The fraction of sp³-hybridized carbons (Fsp3) is 0.450. The third-order valence-corrected chi connectivity index (χ3v) is 5.73. The van der Waals surface area contributed by atoms with E-state index in [9.17, 15) is 9.90 Å². The van der Waals surface area contributed by atoms with Crippen LogP contribution in [0.3, 0.4) is 0 Å². The van der Waals surface area contributed by atoms with Crippen LogP contribution < -0.4 is 0 Å². The second-order valence-electron chi connectivity index (χ2n) is 6.64. The number of benzene rings is 1. The monoisotopic (exact) mass is 374 g/mol. The van der Waals surface area contributed by atoms with Crippen LogP contribution in [-0.4, -0.2) is 60.3 Å². The second-order valence-corrected chi connectivity index (χ2v) is 7.67. The highest BCUT2D eigenvalue weighted by Gasteiger charge is 2.26. The van der Waals surface area contributed by atoms with Crippen LogP contribution in [0.5, 0.6) is 0 Å². The molecule has 0 bridgehead atoms. The van der Waals surface area contributed by atoms with E-state index in [0.29, 0.717) is 11.6 Å². The highest BCUT2D eigenvalue weighted by molar-refractivity contribution is 7.09. The van der Waals surface area contributed by atoms with Crippen LogP contribution >= 0.6 is 11.3 Å². The van der Waals surface area contributed by atoms with Gasteiger partial charge in [0.05, 0.1) is 12.7 Å². The van der Waals surface area contributed by atoms with Crippen LogP contribution in [0.4, 0.5) is 0 Å². The van der Waals surface area contributed by atoms with Gasteiger partial charge in [-0.15, -0.1) is 11.3 Å². The van der Waals surface area contributed by atoms with Crippen LogP contribution in [0.15, 0.2) is 41.8 Å². The smallest absolute Gasteiger partial charge is 0.337 e. The molecule has 1 aliphatic rings. The molecule has 1 saturated heterocycles. The molecule has 2 aromatic rings. The molecule has 1 N–H and O–H groups in total. The number of aliphatic hydroxyl groups is 1. The molecular weight excluding hydrogens is 348 g/mol. The number of piperazine rings is 1. The van der Waals surface area contributed by atoms with E-state index in [4.69, 9.17) is 4.74 Å². The average molecular weight is 375 g/mol. The van der Waals surface area contributed by atoms with Crippen molar-refractivity contribution in [2.45, 2.75) is 25.6 Å². The largest absolute Gasteiger partial charge is 0.465 e. The number of rotatable bonds is 7. The molecule has 1 aromatic heterocycles. The zero-order chi connectivity index (χ0) is 18.4. The SMILES string of the molecule is COC(=O)c1ccc(CN2CCN(Cc3cccs3)[C@@H](CCO)C2)cc1. The van der Waals surface area contributed by atoms with Crippen molar-refractivity contribution < 1.29 is 14.6 Å². The lowest BCUT2D eigenvalue weighted by Crippen LogP contribution is -2.52. The number of nitrogens with zero attached hydrogens (tertiary/aromatic N) is 2. The van der Waals surface area contributed by atoms with Crippen molar-refractivity contribution in [3.8, 4) is 0 Å². The summed E-state index contributed by atoms with van der Waals surface area (Å²) in [7, 11) is 1.40. The standard InChI is InChI=1S/C20H26N2O3S/c1-25-20(24)17-6-4-16(5-7-17)13-21-9-10-22(18(14-21)8-11-23)15-19-3-2-12-26-19/h2-7,12,18,23H,8-11,13-15H2,1H3/t18-/m0/s1. The lowest BCUT2D eigenvalue weighted by molar-refractivity contribution is 0.0506. The van der Waals surface area contributed by atoms with E-state index in [0.717, 1.165) is 39.1 Å². The van der Waals surface area contributed by atoms with E-state index < -0.39 is 0 Å². The van der Waals surface area contributed by atoms with E-state index in [1.165, 1.54) is 17.6 Å². The molecule has 6 heteroatoms. The molecule has 1 aromatic carbocycles. The summed E-state index contributed by atoms with van der Waals surface area (Å²) < 4.78 is 4.74. The summed E-state index contributed by atoms with van der Waals surface area (Å²) in [4.78, 5) is 17.8. The lowest BCUT2D eigenvalue weighted by atomic mass is 10.1. The zero-order valence-electron chi connectivity index (χ0n) is 15.1. The van der Waals surface area contributed by atoms with Gasteiger partial charge in [0, 0.05) is 50.2 Å². The van der Waals surface area contributed by atoms with Gasteiger partial charge in [0.1, 0.15) is 0 Å². The second kappa shape index (κ2) is 9.28. The maximum absolute atomic E-state index is 11.5. The maximum atomic E-state index is 11.5. The molecule has 5 nitrogen and oxygen atoms in total.